The number of hydrogen-bond acceptors (Lipinski definition) is 4. The number of piperidine rings is 1. The van der Waals surface area contributed by atoms with Gasteiger partial charge in [-0.15, -0.1) is 0 Å². The van der Waals surface area contributed by atoms with E-state index in [0.29, 0.717) is 11.7 Å². The van der Waals surface area contributed by atoms with Crippen LogP contribution in [-0.4, -0.2) is 36.1 Å². The van der Waals surface area contributed by atoms with E-state index in [1.54, 1.807) is 6.20 Å². The molecule has 2 rings (SSSR count). The molecule has 0 amide bonds. The first-order chi connectivity index (χ1) is 9.35. The summed E-state index contributed by atoms with van der Waals surface area (Å²) in [5.74, 6) is 0. The lowest BCUT2D eigenvalue weighted by Crippen LogP contribution is -2.40. The molecule has 0 aliphatic carbocycles. The van der Waals surface area contributed by atoms with Gasteiger partial charge in [0.05, 0.1) is 0 Å². The van der Waals surface area contributed by atoms with Crippen LogP contribution in [0, 0.1) is 11.3 Å². The molecule has 0 radical (unpaired) electrons. The largest absolute Gasteiger partial charge is 0.320 e. The van der Waals surface area contributed by atoms with Gasteiger partial charge in [0.15, 0.2) is 0 Å². The van der Waals surface area contributed by atoms with E-state index in [4.69, 9.17) is 5.26 Å². The zero-order valence-electron chi connectivity index (χ0n) is 11.6. The van der Waals surface area contributed by atoms with Gasteiger partial charge < -0.3 is 5.32 Å². The topological polar surface area (TPSA) is 52.0 Å². The molecule has 1 aromatic heterocycles. The van der Waals surface area contributed by atoms with Crippen molar-refractivity contribution in [2.24, 2.45) is 0 Å². The SMILES string of the molecule is CNCCC1CCCCN1Cc1cccnc1C#N. The maximum absolute atomic E-state index is 9.11. The number of hydrogen-bond donors (Lipinski definition) is 1. The Kier molecular flexibility index (Phi) is 5.31. The van der Waals surface area contributed by atoms with E-state index < -0.39 is 0 Å². The molecule has 0 spiro atoms. The lowest BCUT2D eigenvalue weighted by Gasteiger charge is -2.36. The van der Waals surface area contributed by atoms with E-state index in [1.807, 2.05) is 19.2 Å². The van der Waals surface area contributed by atoms with Gasteiger partial charge in [0.25, 0.3) is 0 Å². The molecule has 1 aliphatic rings. The average Bonchev–Trinajstić information content (AvgIpc) is 2.47. The van der Waals surface area contributed by atoms with Gasteiger partial charge in [-0.25, -0.2) is 4.98 Å². The number of nitriles is 1. The smallest absolute Gasteiger partial charge is 0.144 e. The van der Waals surface area contributed by atoms with E-state index >= 15 is 0 Å². The van der Waals surface area contributed by atoms with Gasteiger partial charge in [0, 0.05) is 24.3 Å². The molecule has 1 aromatic rings. The Morgan fingerprint density at radius 1 is 1.53 bits per heavy atom. The molecular weight excluding hydrogens is 236 g/mol. The van der Waals surface area contributed by atoms with Crippen LogP contribution in [0.5, 0.6) is 0 Å². The predicted molar refractivity (Wildman–Crippen MR) is 75.5 cm³/mol. The molecule has 0 aromatic carbocycles. The number of likely N-dealkylation sites (tertiary alicyclic amines) is 1. The first kappa shape index (κ1) is 14.0. The molecule has 102 valence electrons. The van der Waals surface area contributed by atoms with Gasteiger partial charge in [0.1, 0.15) is 11.8 Å². The lowest BCUT2D eigenvalue weighted by atomic mass is 9.98. The highest BCUT2D eigenvalue weighted by atomic mass is 15.2. The Hall–Kier alpha value is -1.44. The van der Waals surface area contributed by atoms with Gasteiger partial charge in [0.2, 0.25) is 0 Å². The average molecular weight is 258 g/mol. The molecule has 1 fully saturated rings. The van der Waals surface area contributed by atoms with E-state index in [1.165, 1.54) is 25.7 Å². The lowest BCUT2D eigenvalue weighted by molar-refractivity contribution is 0.132. The number of aromatic nitrogens is 1. The maximum Gasteiger partial charge on any atom is 0.144 e. The van der Waals surface area contributed by atoms with Gasteiger partial charge >= 0.3 is 0 Å². The summed E-state index contributed by atoms with van der Waals surface area (Å²) >= 11 is 0. The standard InChI is InChI=1S/C15H22N4/c1-17-9-7-14-6-2-3-10-19(14)12-13-5-4-8-18-15(13)11-16/h4-5,8,14,17H,2-3,6-7,9-10,12H2,1H3. The number of pyridine rings is 1. The van der Waals surface area contributed by atoms with Crippen LogP contribution in [0.3, 0.4) is 0 Å². The van der Waals surface area contributed by atoms with Crippen molar-refractivity contribution >= 4 is 0 Å². The van der Waals surface area contributed by atoms with Crippen molar-refractivity contribution in [2.45, 2.75) is 38.3 Å². The molecule has 1 N–H and O–H groups in total. The number of rotatable bonds is 5. The van der Waals surface area contributed by atoms with Crippen LogP contribution in [0.25, 0.3) is 0 Å². The van der Waals surface area contributed by atoms with Crippen LogP contribution in [0.1, 0.15) is 36.9 Å². The van der Waals surface area contributed by atoms with Crippen LogP contribution in [0.4, 0.5) is 0 Å². The third-order valence-electron chi connectivity index (χ3n) is 3.85. The van der Waals surface area contributed by atoms with Gasteiger partial charge in [-0.1, -0.05) is 12.5 Å². The summed E-state index contributed by atoms with van der Waals surface area (Å²) in [6, 6.07) is 6.77. The Morgan fingerprint density at radius 3 is 3.21 bits per heavy atom. The van der Waals surface area contributed by atoms with Crippen molar-refractivity contribution in [1.29, 1.82) is 5.26 Å². The molecule has 1 unspecified atom stereocenters. The Bertz CT molecular complexity index is 438. The van der Waals surface area contributed by atoms with Crippen molar-refractivity contribution < 1.29 is 0 Å². The second-order valence-corrected chi connectivity index (χ2v) is 5.14. The molecule has 0 bridgehead atoms. The highest BCUT2D eigenvalue weighted by Crippen LogP contribution is 2.22. The second-order valence-electron chi connectivity index (χ2n) is 5.14. The van der Waals surface area contributed by atoms with E-state index in [9.17, 15) is 0 Å². The van der Waals surface area contributed by atoms with Crippen LogP contribution >= 0.6 is 0 Å². The first-order valence-electron chi connectivity index (χ1n) is 7.08. The van der Waals surface area contributed by atoms with Crippen molar-refractivity contribution in [2.75, 3.05) is 20.1 Å². The molecule has 19 heavy (non-hydrogen) atoms. The minimum atomic E-state index is 0.570. The molecular formula is C15H22N4. The summed E-state index contributed by atoms with van der Waals surface area (Å²) in [6.07, 6.45) is 6.72. The van der Waals surface area contributed by atoms with E-state index in [0.717, 1.165) is 25.2 Å². The minimum absolute atomic E-state index is 0.570. The van der Waals surface area contributed by atoms with Gasteiger partial charge in [-0.3, -0.25) is 4.90 Å². The molecule has 4 heteroatoms. The normalized spacial score (nSPS) is 20.1. The maximum atomic E-state index is 9.11. The Morgan fingerprint density at radius 2 is 2.42 bits per heavy atom. The third kappa shape index (κ3) is 3.76. The summed E-state index contributed by atoms with van der Waals surface area (Å²) in [6.45, 7) is 3.04. The summed E-state index contributed by atoms with van der Waals surface area (Å²) < 4.78 is 0. The predicted octanol–water partition coefficient (Wildman–Crippen LogP) is 1.92. The van der Waals surface area contributed by atoms with Crippen molar-refractivity contribution in [3.8, 4) is 6.07 Å². The van der Waals surface area contributed by atoms with Crippen LogP contribution in [0.2, 0.25) is 0 Å². The Labute approximate surface area is 115 Å². The second kappa shape index (κ2) is 7.22. The summed E-state index contributed by atoms with van der Waals surface area (Å²) in [4.78, 5) is 6.66. The molecule has 1 saturated heterocycles. The van der Waals surface area contributed by atoms with Crippen molar-refractivity contribution in [1.82, 2.24) is 15.2 Å². The zero-order valence-corrected chi connectivity index (χ0v) is 11.6. The monoisotopic (exact) mass is 258 g/mol. The summed E-state index contributed by atoms with van der Waals surface area (Å²) in [5, 5.41) is 12.3. The van der Waals surface area contributed by atoms with Crippen LogP contribution in [-0.2, 0) is 6.54 Å². The molecule has 4 nitrogen and oxygen atoms in total. The molecule has 1 aliphatic heterocycles. The Balaban J connectivity index is 2.04. The summed E-state index contributed by atoms with van der Waals surface area (Å²) in [7, 11) is 2.00. The quantitative estimate of drug-likeness (QED) is 0.876. The fourth-order valence-corrected chi connectivity index (χ4v) is 2.79. The highest BCUT2D eigenvalue weighted by Gasteiger charge is 2.22. The van der Waals surface area contributed by atoms with Crippen molar-refractivity contribution in [3.05, 3.63) is 29.6 Å². The van der Waals surface area contributed by atoms with Crippen LogP contribution in [0.15, 0.2) is 18.3 Å². The minimum Gasteiger partial charge on any atom is -0.320 e. The van der Waals surface area contributed by atoms with Crippen LogP contribution < -0.4 is 5.32 Å². The number of nitrogens with one attached hydrogen (secondary N) is 1. The molecule has 1 atom stereocenters. The molecule has 2 heterocycles. The van der Waals surface area contributed by atoms with Crippen molar-refractivity contribution in [3.63, 3.8) is 0 Å². The zero-order chi connectivity index (χ0) is 13.5. The van der Waals surface area contributed by atoms with E-state index in [-0.39, 0.29) is 0 Å². The molecule has 0 saturated carbocycles. The fourth-order valence-electron chi connectivity index (χ4n) is 2.79. The third-order valence-corrected chi connectivity index (χ3v) is 3.85. The highest BCUT2D eigenvalue weighted by molar-refractivity contribution is 5.30. The van der Waals surface area contributed by atoms with Gasteiger partial charge in [-0.2, -0.15) is 5.26 Å². The number of nitrogens with zero attached hydrogens (tertiary/aromatic N) is 3. The van der Waals surface area contributed by atoms with Gasteiger partial charge in [-0.05, 0) is 45.5 Å². The summed E-state index contributed by atoms with van der Waals surface area (Å²) in [5.41, 5.74) is 1.63. The first-order valence-corrected chi connectivity index (χ1v) is 7.08. The fraction of sp³-hybridized carbons (Fsp3) is 0.600. The van der Waals surface area contributed by atoms with E-state index in [2.05, 4.69) is 21.3 Å².